The minimum Gasteiger partial charge on any atom is -0.299 e. The average molecular weight is 194 g/mol. The molecule has 0 aromatic heterocycles. The second-order valence-corrected chi connectivity index (χ2v) is 3.40. The Kier molecular flexibility index (Phi) is 5.06. The van der Waals surface area contributed by atoms with E-state index >= 15 is 0 Å². The van der Waals surface area contributed by atoms with Crippen molar-refractivity contribution in [3.8, 4) is 0 Å². The van der Waals surface area contributed by atoms with Crippen LogP contribution in [0.3, 0.4) is 0 Å². The van der Waals surface area contributed by atoms with Gasteiger partial charge in [-0.15, -0.1) is 13.2 Å². The van der Waals surface area contributed by atoms with Crippen LogP contribution in [0.1, 0.15) is 33.1 Å². The Morgan fingerprint density at radius 2 is 1.64 bits per heavy atom. The summed E-state index contributed by atoms with van der Waals surface area (Å²) in [6, 6.07) is 0. The molecule has 0 atom stereocenters. The first-order valence-corrected chi connectivity index (χ1v) is 4.81. The molecule has 0 saturated heterocycles. The number of carbonyl (C=O) groups excluding carboxylic acids is 2. The Morgan fingerprint density at radius 3 is 1.86 bits per heavy atom. The summed E-state index contributed by atoms with van der Waals surface area (Å²) in [7, 11) is 0. The maximum absolute atomic E-state index is 11.7. The maximum atomic E-state index is 11.7. The third-order valence-corrected chi connectivity index (χ3v) is 2.51. The van der Waals surface area contributed by atoms with Crippen molar-refractivity contribution in [2.45, 2.75) is 33.1 Å². The molecule has 0 spiro atoms. The second kappa shape index (κ2) is 5.53. The third kappa shape index (κ3) is 2.41. The van der Waals surface area contributed by atoms with Gasteiger partial charge in [0.05, 0.1) is 5.41 Å². The summed E-state index contributed by atoms with van der Waals surface area (Å²) in [6.07, 6.45) is 4.43. The Labute approximate surface area is 85.7 Å². The first-order chi connectivity index (χ1) is 6.55. The molecule has 0 aromatic carbocycles. The van der Waals surface area contributed by atoms with Crippen molar-refractivity contribution in [1.82, 2.24) is 0 Å². The number of hydrogen-bond donors (Lipinski definition) is 0. The highest BCUT2D eigenvalue weighted by Crippen LogP contribution is 2.31. The van der Waals surface area contributed by atoms with Gasteiger partial charge in [-0.1, -0.05) is 19.1 Å². The topological polar surface area (TPSA) is 34.1 Å². The number of carbonyl (C=O) groups is 2. The van der Waals surface area contributed by atoms with E-state index in [-0.39, 0.29) is 11.6 Å². The molecule has 0 bridgehead atoms. The Hall–Kier alpha value is -1.18. The van der Waals surface area contributed by atoms with Crippen LogP contribution in [-0.4, -0.2) is 11.6 Å². The van der Waals surface area contributed by atoms with E-state index in [9.17, 15) is 9.59 Å². The van der Waals surface area contributed by atoms with Gasteiger partial charge in [0.25, 0.3) is 0 Å². The van der Waals surface area contributed by atoms with E-state index in [1.807, 2.05) is 0 Å². The lowest BCUT2D eigenvalue weighted by Gasteiger charge is -2.26. The number of rotatable bonds is 7. The van der Waals surface area contributed by atoms with Crippen LogP contribution in [0.2, 0.25) is 0 Å². The monoisotopic (exact) mass is 194 g/mol. The molecule has 0 amide bonds. The van der Waals surface area contributed by atoms with Crippen molar-refractivity contribution >= 4 is 11.6 Å². The molecular formula is C12H18O2. The molecule has 14 heavy (non-hydrogen) atoms. The van der Waals surface area contributed by atoms with Crippen LogP contribution in [0.5, 0.6) is 0 Å². The molecule has 0 aromatic rings. The van der Waals surface area contributed by atoms with E-state index in [2.05, 4.69) is 13.2 Å². The Bertz CT molecular complexity index is 241. The first-order valence-electron chi connectivity index (χ1n) is 4.81. The molecule has 0 heterocycles. The van der Waals surface area contributed by atoms with Gasteiger partial charge in [0.1, 0.15) is 11.6 Å². The molecule has 0 rings (SSSR count). The number of allylic oxidation sites excluding steroid dienone is 2. The number of Topliss-reactive ketones (excluding diaryl/α,β-unsaturated/α-hetero) is 2. The Morgan fingerprint density at radius 1 is 1.21 bits per heavy atom. The summed E-state index contributed by atoms with van der Waals surface area (Å²) < 4.78 is 0. The van der Waals surface area contributed by atoms with Crippen LogP contribution in [0.25, 0.3) is 0 Å². The van der Waals surface area contributed by atoms with Gasteiger partial charge in [-0.25, -0.2) is 0 Å². The van der Waals surface area contributed by atoms with Crippen LogP contribution >= 0.6 is 0 Å². The van der Waals surface area contributed by atoms with E-state index in [1.165, 1.54) is 6.92 Å². The van der Waals surface area contributed by atoms with Crippen molar-refractivity contribution in [3.05, 3.63) is 25.3 Å². The van der Waals surface area contributed by atoms with Gasteiger partial charge in [-0.3, -0.25) is 9.59 Å². The van der Waals surface area contributed by atoms with Gasteiger partial charge in [0.15, 0.2) is 0 Å². The summed E-state index contributed by atoms with van der Waals surface area (Å²) in [4.78, 5) is 23.3. The van der Waals surface area contributed by atoms with E-state index < -0.39 is 5.41 Å². The summed E-state index contributed by atoms with van der Waals surface area (Å²) in [5, 5.41) is 0. The zero-order chi connectivity index (χ0) is 11.2. The summed E-state index contributed by atoms with van der Waals surface area (Å²) in [5.74, 6) is -0.117. The minimum absolute atomic E-state index is 0.0233. The molecule has 2 nitrogen and oxygen atoms in total. The lowest BCUT2D eigenvalue weighted by Crippen LogP contribution is -2.36. The van der Waals surface area contributed by atoms with Gasteiger partial charge >= 0.3 is 0 Å². The molecule has 0 aliphatic carbocycles. The fourth-order valence-electron chi connectivity index (χ4n) is 1.63. The average Bonchev–Trinajstić information content (AvgIpc) is 2.15. The smallest absolute Gasteiger partial charge is 0.146 e. The fraction of sp³-hybridized carbons (Fsp3) is 0.500. The molecule has 78 valence electrons. The third-order valence-electron chi connectivity index (χ3n) is 2.51. The van der Waals surface area contributed by atoms with Gasteiger partial charge in [0, 0.05) is 6.42 Å². The Balaban J connectivity index is 5.11. The lowest BCUT2D eigenvalue weighted by molar-refractivity contribution is -0.139. The molecule has 2 heteroatoms. The van der Waals surface area contributed by atoms with E-state index in [0.29, 0.717) is 19.3 Å². The standard InChI is InChI=1S/C12H18O2/c1-5-8-12(9-6-2,10(4)13)11(14)7-3/h5-6H,1-2,7-9H2,3-4H3. The summed E-state index contributed by atoms with van der Waals surface area (Å²) >= 11 is 0. The van der Waals surface area contributed by atoms with Crippen molar-refractivity contribution in [2.75, 3.05) is 0 Å². The highest BCUT2D eigenvalue weighted by Gasteiger charge is 2.39. The molecule has 0 unspecified atom stereocenters. The SMILES string of the molecule is C=CCC(CC=C)(C(C)=O)C(=O)CC. The molecule has 0 fully saturated rings. The van der Waals surface area contributed by atoms with Crippen LogP contribution in [0.15, 0.2) is 25.3 Å². The van der Waals surface area contributed by atoms with E-state index in [1.54, 1.807) is 19.1 Å². The van der Waals surface area contributed by atoms with E-state index in [0.717, 1.165) is 0 Å². The number of hydrogen-bond acceptors (Lipinski definition) is 2. The highest BCUT2D eigenvalue weighted by molar-refractivity contribution is 6.06. The second-order valence-electron chi connectivity index (χ2n) is 3.40. The van der Waals surface area contributed by atoms with Gasteiger partial charge in [-0.05, 0) is 19.8 Å². The van der Waals surface area contributed by atoms with Crippen LogP contribution in [-0.2, 0) is 9.59 Å². The molecular weight excluding hydrogens is 176 g/mol. The quantitative estimate of drug-likeness (QED) is 0.461. The molecule has 0 aliphatic rings. The zero-order valence-corrected chi connectivity index (χ0v) is 9.01. The predicted molar refractivity (Wildman–Crippen MR) is 58.0 cm³/mol. The van der Waals surface area contributed by atoms with Crippen LogP contribution < -0.4 is 0 Å². The number of ketones is 2. The van der Waals surface area contributed by atoms with Crippen LogP contribution in [0, 0.1) is 5.41 Å². The van der Waals surface area contributed by atoms with Crippen molar-refractivity contribution in [3.63, 3.8) is 0 Å². The minimum atomic E-state index is -0.905. The lowest BCUT2D eigenvalue weighted by atomic mass is 9.73. The molecule has 0 aliphatic heterocycles. The summed E-state index contributed by atoms with van der Waals surface area (Å²) in [5.41, 5.74) is -0.905. The molecule has 0 N–H and O–H groups in total. The molecule has 0 saturated carbocycles. The fourth-order valence-corrected chi connectivity index (χ4v) is 1.63. The van der Waals surface area contributed by atoms with Gasteiger partial charge in [-0.2, -0.15) is 0 Å². The van der Waals surface area contributed by atoms with Crippen molar-refractivity contribution in [2.24, 2.45) is 5.41 Å². The largest absolute Gasteiger partial charge is 0.299 e. The zero-order valence-electron chi connectivity index (χ0n) is 9.01. The first kappa shape index (κ1) is 12.8. The highest BCUT2D eigenvalue weighted by atomic mass is 16.2. The van der Waals surface area contributed by atoms with Crippen molar-refractivity contribution < 1.29 is 9.59 Å². The van der Waals surface area contributed by atoms with Gasteiger partial charge < -0.3 is 0 Å². The van der Waals surface area contributed by atoms with Gasteiger partial charge in [0.2, 0.25) is 0 Å². The van der Waals surface area contributed by atoms with Crippen LogP contribution in [0.4, 0.5) is 0 Å². The predicted octanol–water partition coefficient (Wildman–Crippen LogP) is 2.69. The molecule has 0 radical (unpaired) electrons. The summed E-state index contributed by atoms with van der Waals surface area (Å²) in [6.45, 7) is 10.4. The van der Waals surface area contributed by atoms with Crippen molar-refractivity contribution in [1.29, 1.82) is 0 Å². The normalized spacial score (nSPS) is 10.7. The maximum Gasteiger partial charge on any atom is 0.146 e. The van der Waals surface area contributed by atoms with E-state index in [4.69, 9.17) is 0 Å².